The van der Waals surface area contributed by atoms with Gasteiger partial charge in [-0.2, -0.15) is 0 Å². The summed E-state index contributed by atoms with van der Waals surface area (Å²) in [5.74, 6) is -0.0832. The highest BCUT2D eigenvalue weighted by Crippen LogP contribution is 2.16. The summed E-state index contributed by atoms with van der Waals surface area (Å²) in [5.41, 5.74) is 1.76. The van der Waals surface area contributed by atoms with Crippen LogP contribution in [0.3, 0.4) is 0 Å². The molecular formula is C24H32N4O2. The highest BCUT2D eigenvalue weighted by Gasteiger charge is 2.21. The first-order valence-corrected chi connectivity index (χ1v) is 10.7. The van der Waals surface area contributed by atoms with Crippen LogP contribution in [0.1, 0.15) is 34.8 Å². The van der Waals surface area contributed by atoms with E-state index in [0.29, 0.717) is 24.9 Å². The molecule has 1 aliphatic rings. The van der Waals surface area contributed by atoms with Crippen LogP contribution in [-0.4, -0.2) is 67.9 Å². The topological polar surface area (TPSA) is 64.7 Å². The van der Waals surface area contributed by atoms with Gasteiger partial charge in [-0.25, -0.2) is 0 Å². The van der Waals surface area contributed by atoms with Crippen LogP contribution < -0.4 is 10.6 Å². The van der Waals surface area contributed by atoms with Gasteiger partial charge in [-0.05, 0) is 31.2 Å². The maximum absolute atomic E-state index is 12.6. The fraction of sp³-hybridized carbons (Fsp3) is 0.417. The average Bonchev–Trinajstić information content (AvgIpc) is 2.79. The number of piperazine rings is 1. The minimum Gasteiger partial charge on any atom is -0.352 e. The molecule has 0 saturated carbocycles. The molecule has 6 heteroatoms. The molecule has 6 nitrogen and oxygen atoms in total. The van der Waals surface area contributed by atoms with E-state index in [1.54, 1.807) is 12.1 Å². The first kappa shape index (κ1) is 22.0. The summed E-state index contributed by atoms with van der Waals surface area (Å²) in [6.07, 6.45) is 1.00. The second-order valence-electron chi connectivity index (χ2n) is 7.86. The van der Waals surface area contributed by atoms with Gasteiger partial charge in [-0.1, -0.05) is 48.5 Å². The molecular weight excluding hydrogens is 376 g/mol. The van der Waals surface area contributed by atoms with Crippen molar-refractivity contribution in [3.8, 4) is 0 Å². The third-order valence-electron chi connectivity index (χ3n) is 5.48. The molecule has 1 heterocycles. The van der Waals surface area contributed by atoms with Crippen LogP contribution >= 0.6 is 0 Å². The smallest absolute Gasteiger partial charge is 0.251 e. The SMILES string of the molecule is CN1CCN(CC(NC(=O)CCCNC(=O)c2ccccc2)c2ccccc2)CC1. The molecule has 2 aromatic carbocycles. The van der Waals surface area contributed by atoms with Crippen molar-refractivity contribution in [2.24, 2.45) is 0 Å². The second kappa shape index (κ2) is 11.5. The fourth-order valence-corrected chi connectivity index (χ4v) is 3.62. The lowest BCUT2D eigenvalue weighted by molar-refractivity contribution is -0.122. The predicted octanol–water partition coefficient (Wildman–Crippen LogP) is 2.30. The van der Waals surface area contributed by atoms with E-state index in [2.05, 4.69) is 39.6 Å². The summed E-state index contributed by atoms with van der Waals surface area (Å²) in [4.78, 5) is 29.4. The lowest BCUT2D eigenvalue weighted by Gasteiger charge is -2.35. The van der Waals surface area contributed by atoms with E-state index < -0.39 is 0 Å². The van der Waals surface area contributed by atoms with Gasteiger partial charge >= 0.3 is 0 Å². The number of carbonyl (C=O) groups is 2. The maximum Gasteiger partial charge on any atom is 0.251 e. The molecule has 0 radical (unpaired) electrons. The standard InChI is InChI=1S/C24H32N4O2/c1-27-15-17-28(18-16-27)19-22(20-9-4-2-5-10-20)26-23(29)13-8-14-25-24(30)21-11-6-3-7-12-21/h2-7,9-12,22H,8,13-19H2,1H3,(H,25,30)(H,26,29). The van der Waals surface area contributed by atoms with Crippen molar-refractivity contribution in [1.29, 1.82) is 0 Å². The van der Waals surface area contributed by atoms with Crippen molar-refractivity contribution in [1.82, 2.24) is 20.4 Å². The summed E-state index contributed by atoms with van der Waals surface area (Å²) in [7, 11) is 2.14. The van der Waals surface area contributed by atoms with Crippen molar-refractivity contribution in [2.75, 3.05) is 46.3 Å². The molecule has 2 N–H and O–H groups in total. The third kappa shape index (κ3) is 6.97. The van der Waals surface area contributed by atoms with Crippen LogP contribution in [0.4, 0.5) is 0 Å². The number of benzene rings is 2. The summed E-state index contributed by atoms with van der Waals surface area (Å²) < 4.78 is 0. The zero-order valence-electron chi connectivity index (χ0n) is 17.7. The van der Waals surface area contributed by atoms with E-state index in [4.69, 9.17) is 0 Å². The molecule has 1 atom stereocenters. The Morgan fingerprint density at radius 2 is 1.57 bits per heavy atom. The number of carbonyl (C=O) groups excluding carboxylic acids is 2. The van der Waals surface area contributed by atoms with Crippen molar-refractivity contribution >= 4 is 11.8 Å². The number of rotatable bonds is 9. The van der Waals surface area contributed by atoms with Gasteiger partial charge in [0.15, 0.2) is 0 Å². The molecule has 1 aliphatic heterocycles. The lowest BCUT2D eigenvalue weighted by atomic mass is 10.1. The monoisotopic (exact) mass is 408 g/mol. The van der Waals surface area contributed by atoms with Crippen LogP contribution in [-0.2, 0) is 4.79 Å². The summed E-state index contributed by atoms with van der Waals surface area (Å²) in [5, 5.41) is 6.08. The van der Waals surface area contributed by atoms with E-state index in [9.17, 15) is 9.59 Å². The zero-order chi connectivity index (χ0) is 21.2. The van der Waals surface area contributed by atoms with Crippen LogP contribution in [0.2, 0.25) is 0 Å². The van der Waals surface area contributed by atoms with Crippen molar-refractivity contribution in [3.05, 3.63) is 71.8 Å². The highest BCUT2D eigenvalue weighted by atomic mass is 16.2. The van der Waals surface area contributed by atoms with Crippen molar-refractivity contribution in [2.45, 2.75) is 18.9 Å². The summed E-state index contributed by atoms with van der Waals surface area (Å²) in [6.45, 7) is 5.43. The van der Waals surface area contributed by atoms with Gasteiger partial charge in [-0.3, -0.25) is 14.5 Å². The van der Waals surface area contributed by atoms with Crippen LogP contribution in [0.15, 0.2) is 60.7 Å². The quantitative estimate of drug-likeness (QED) is 0.625. The average molecular weight is 409 g/mol. The van der Waals surface area contributed by atoms with E-state index in [1.807, 2.05) is 36.4 Å². The molecule has 3 rings (SSSR count). The number of nitrogens with one attached hydrogen (secondary N) is 2. The normalized spacial score (nSPS) is 16.0. The zero-order valence-corrected chi connectivity index (χ0v) is 17.7. The van der Waals surface area contributed by atoms with Gasteiger partial charge in [-0.15, -0.1) is 0 Å². The molecule has 30 heavy (non-hydrogen) atoms. The number of amides is 2. The Labute approximate surface area is 179 Å². The van der Waals surface area contributed by atoms with Crippen molar-refractivity contribution < 1.29 is 9.59 Å². The first-order valence-electron chi connectivity index (χ1n) is 10.7. The second-order valence-corrected chi connectivity index (χ2v) is 7.86. The predicted molar refractivity (Wildman–Crippen MR) is 119 cm³/mol. The molecule has 1 saturated heterocycles. The third-order valence-corrected chi connectivity index (χ3v) is 5.48. The molecule has 2 amide bonds. The van der Waals surface area contributed by atoms with E-state index in [1.165, 1.54) is 0 Å². The van der Waals surface area contributed by atoms with Gasteiger partial charge in [0.05, 0.1) is 6.04 Å². The fourth-order valence-electron chi connectivity index (χ4n) is 3.62. The molecule has 0 aliphatic carbocycles. The van der Waals surface area contributed by atoms with E-state index in [0.717, 1.165) is 38.3 Å². The Balaban J connectivity index is 1.46. The molecule has 160 valence electrons. The van der Waals surface area contributed by atoms with Gasteiger partial charge in [0.25, 0.3) is 5.91 Å². The van der Waals surface area contributed by atoms with Crippen LogP contribution in [0.5, 0.6) is 0 Å². The number of hydrogen-bond acceptors (Lipinski definition) is 4. The molecule has 0 spiro atoms. The highest BCUT2D eigenvalue weighted by molar-refractivity contribution is 5.94. The minimum absolute atomic E-state index is 0.0203. The molecule has 0 aromatic heterocycles. The molecule has 0 bridgehead atoms. The Hall–Kier alpha value is -2.70. The lowest BCUT2D eigenvalue weighted by Crippen LogP contribution is -2.47. The Morgan fingerprint density at radius 3 is 2.23 bits per heavy atom. The van der Waals surface area contributed by atoms with Crippen LogP contribution in [0, 0.1) is 0 Å². The molecule has 2 aromatic rings. The van der Waals surface area contributed by atoms with E-state index >= 15 is 0 Å². The maximum atomic E-state index is 12.6. The van der Waals surface area contributed by atoms with Crippen molar-refractivity contribution in [3.63, 3.8) is 0 Å². The number of hydrogen-bond donors (Lipinski definition) is 2. The van der Waals surface area contributed by atoms with Gasteiger partial charge < -0.3 is 15.5 Å². The van der Waals surface area contributed by atoms with E-state index in [-0.39, 0.29) is 17.9 Å². The number of likely N-dealkylation sites (N-methyl/N-ethyl adjacent to an activating group) is 1. The summed E-state index contributed by atoms with van der Waals surface area (Å²) >= 11 is 0. The number of nitrogens with zero attached hydrogens (tertiary/aromatic N) is 2. The Kier molecular flexibility index (Phi) is 8.41. The Morgan fingerprint density at radius 1 is 0.933 bits per heavy atom. The van der Waals surface area contributed by atoms with Gasteiger partial charge in [0.2, 0.25) is 5.91 Å². The molecule has 1 fully saturated rings. The van der Waals surface area contributed by atoms with Crippen LogP contribution in [0.25, 0.3) is 0 Å². The first-order chi connectivity index (χ1) is 14.6. The largest absolute Gasteiger partial charge is 0.352 e. The summed E-state index contributed by atoms with van der Waals surface area (Å²) in [6, 6.07) is 19.3. The van der Waals surface area contributed by atoms with Gasteiger partial charge in [0, 0.05) is 51.3 Å². The Bertz CT molecular complexity index is 789. The van der Waals surface area contributed by atoms with Gasteiger partial charge in [0.1, 0.15) is 0 Å². The molecule has 1 unspecified atom stereocenters. The minimum atomic E-state index is -0.103.